The molecular formula is C10H18BrNO. The first kappa shape index (κ1) is 11.0. The maximum Gasteiger partial charge on any atom is 0.223 e. The van der Waals surface area contributed by atoms with Gasteiger partial charge in [0.1, 0.15) is 0 Å². The van der Waals surface area contributed by atoms with E-state index in [2.05, 4.69) is 28.2 Å². The maximum atomic E-state index is 11.5. The summed E-state index contributed by atoms with van der Waals surface area (Å²) in [5.41, 5.74) is 0. The number of rotatable bonds is 5. The third-order valence-corrected chi connectivity index (χ3v) is 3.04. The number of nitrogens with one attached hydrogen (secondary N) is 1. The molecular weight excluding hydrogens is 230 g/mol. The van der Waals surface area contributed by atoms with E-state index in [1.54, 1.807) is 0 Å². The van der Waals surface area contributed by atoms with Gasteiger partial charge in [-0.1, -0.05) is 29.8 Å². The van der Waals surface area contributed by atoms with Crippen molar-refractivity contribution in [3.63, 3.8) is 0 Å². The second-order valence-corrected chi connectivity index (χ2v) is 5.55. The molecule has 3 heteroatoms. The highest BCUT2D eigenvalue weighted by Gasteiger charge is 2.32. The van der Waals surface area contributed by atoms with Crippen LogP contribution in [0.1, 0.15) is 33.1 Å². The van der Waals surface area contributed by atoms with Crippen LogP contribution in [0.2, 0.25) is 0 Å². The van der Waals surface area contributed by atoms with Crippen molar-refractivity contribution in [2.75, 3.05) is 6.54 Å². The summed E-state index contributed by atoms with van der Waals surface area (Å²) in [7, 11) is 0. The first-order chi connectivity index (χ1) is 6.11. The van der Waals surface area contributed by atoms with E-state index >= 15 is 0 Å². The van der Waals surface area contributed by atoms with Crippen molar-refractivity contribution in [2.24, 2.45) is 11.8 Å². The molecule has 0 aromatic rings. The zero-order valence-electron chi connectivity index (χ0n) is 8.35. The van der Waals surface area contributed by atoms with Gasteiger partial charge in [0.15, 0.2) is 0 Å². The molecule has 0 spiro atoms. The molecule has 1 N–H and O–H groups in total. The van der Waals surface area contributed by atoms with Crippen molar-refractivity contribution < 1.29 is 4.79 Å². The zero-order valence-corrected chi connectivity index (χ0v) is 9.93. The lowest BCUT2D eigenvalue weighted by atomic mass is 10.1. The second-order valence-electron chi connectivity index (χ2n) is 3.99. The predicted octanol–water partition coefficient (Wildman–Crippen LogP) is 2.32. The van der Waals surface area contributed by atoms with Gasteiger partial charge in [0.05, 0.1) is 0 Å². The number of hydrogen-bond acceptors (Lipinski definition) is 1. The molecule has 0 radical (unpaired) electrons. The summed E-state index contributed by atoms with van der Waals surface area (Å²) in [6.45, 7) is 4.92. The van der Waals surface area contributed by atoms with Crippen molar-refractivity contribution >= 4 is 21.8 Å². The van der Waals surface area contributed by atoms with Crippen molar-refractivity contribution in [2.45, 2.75) is 37.9 Å². The molecule has 1 amide bonds. The fourth-order valence-corrected chi connectivity index (χ4v) is 1.59. The Balaban J connectivity index is 2.09. The van der Waals surface area contributed by atoms with Gasteiger partial charge in [0.25, 0.3) is 0 Å². The lowest BCUT2D eigenvalue weighted by Crippen LogP contribution is -2.31. The Hall–Kier alpha value is -0.0500. The second kappa shape index (κ2) is 4.99. The van der Waals surface area contributed by atoms with Gasteiger partial charge in [-0.2, -0.15) is 0 Å². The minimum atomic E-state index is 0.227. The number of alkyl halides is 1. The van der Waals surface area contributed by atoms with Gasteiger partial charge >= 0.3 is 0 Å². The van der Waals surface area contributed by atoms with E-state index in [1.807, 2.05) is 6.92 Å². The maximum absolute atomic E-state index is 11.5. The van der Waals surface area contributed by atoms with E-state index in [0.29, 0.717) is 10.7 Å². The van der Waals surface area contributed by atoms with E-state index in [1.165, 1.54) is 12.8 Å². The van der Waals surface area contributed by atoms with Gasteiger partial charge in [-0.25, -0.2) is 0 Å². The summed E-state index contributed by atoms with van der Waals surface area (Å²) in [4.78, 5) is 12.0. The number of hydrogen-bond donors (Lipinski definition) is 1. The van der Waals surface area contributed by atoms with Crippen molar-refractivity contribution in [3.8, 4) is 0 Å². The van der Waals surface area contributed by atoms with Gasteiger partial charge in [0.2, 0.25) is 5.91 Å². The van der Waals surface area contributed by atoms with E-state index in [4.69, 9.17) is 0 Å². The van der Waals surface area contributed by atoms with Gasteiger partial charge in [-0.05, 0) is 25.2 Å². The molecule has 0 aromatic heterocycles. The van der Waals surface area contributed by atoms with Crippen LogP contribution in [-0.2, 0) is 4.79 Å². The summed E-state index contributed by atoms with van der Waals surface area (Å²) >= 11 is 3.45. The van der Waals surface area contributed by atoms with E-state index in [0.717, 1.165) is 13.0 Å². The summed E-state index contributed by atoms with van der Waals surface area (Å²) in [5, 5.41) is 2.97. The van der Waals surface area contributed by atoms with Crippen molar-refractivity contribution in [3.05, 3.63) is 0 Å². The molecule has 1 aliphatic rings. The highest BCUT2D eigenvalue weighted by molar-refractivity contribution is 9.09. The van der Waals surface area contributed by atoms with Crippen LogP contribution in [0, 0.1) is 11.8 Å². The van der Waals surface area contributed by atoms with Gasteiger partial charge in [-0.3, -0.25) is 4.79 Å². The summed E-state index contributed by atoms with van der Waals surface area (Å²) in [6.07, 6.45) is 3.48. The Bertz CT molecular complexity index is 178. The third kappa shape index (κ3) is 4.12. The van der Waals surface area contributed by atoms with Crippen LogP contribution in [0.25, 0.3) is 0 Å². The molecule has 76 valence electrons. The van der Waals surface area contributed by atoms with Crippen LogP contribution in [0.4, 0.5) is 0 Å². The molecule has 0 aliphatic heterocycles. The van der Waals surface area contributed by atoms with Crippen LogP contribution in [0.15, 0.2) is 0 Å². The molecule has 1 aliphatic carbocycles. The van der Waals surface area contributed by atoms with E-state index < -0.39 is 0 Å². The first-order valence-electron chi connectivity index (χ1n) is 5.03. The molecule has 1 fully saturated rings. The topological polar surface area (TPSA) is 29.1 Å². The predicted molar refractivity (Wildman–Crippen MR) is 57.9 cm³/mol. The van der Waals surface area contributed by atoms with Gasteiger partial charge in [0, 0.05) is 17.3 Å². The van der Waals surface area contributed by atoms with Crippen LogP contribution in [0.3, 0.4) is 0 Å². The van der Waals surface area contributed by atoms with E-state index in [9.17, 15) is 4.79 Å². The standard InChI is InChI=1S/C10H18BrNO/c1-7(11)5-6-12-10(13)8(2)9-3-4-9/h7-9H,3-6H2,1-2H3,(H,12,13). The number of halogens is 1. The molecule has 1 saturated carbocycles. The van der Waals surface area contributed by atoms with Crippen molar-refractivity contribution in [1.82, 2.24) is 5.32 Å². The average molecular weight is 248 g/mol. The van der Waals surface area contributed by atoms with E-state index in [-0.39, 0.29) is 11.8 Å². The smallest absolute Gasteiger partial charge is 0.223 e. The summed E-state index contributed by atoms with van der Waals surface area (Å²) in [6, 6.07) is 0. The molecule has 0 saturated heterocycles. The molecule has 0 aromatic carbocycles. The molecule has 0 bridgehead atoms. The summed E-state index contributed by atoms with van der Waals surface area (Å²) in [5.74, 6) is 1.13. The zero-order chi connectivity index (χ0) is 9.84. The fourth-order valence-electron chi connectivity index (χ4n) is 1.37. The monoisotopic (exact) mass is 247 g/mol. The van der Waals surface area contributed by atoms with Crippen LogP contribution in [-0.4, -0.2) is 17.3 Å². The Kier molecular flexibility index (Phi) is 4.23. The fraction of sp³-hybridized carbons (Fsp3) is 0.900. The lowest BCUT2D eigenvalue weighted by molar-refractivity contribution is -0.125. The minimum Gasteiger partial charge on any atom is -0.356 e. The van der Waals surface area contributed by atoms with Gasteiger partial charge in [-0.15, -0.1) is 0 Å². The molecule has 0 heterocycles. The van der Waals surface area contributed by atoms with Crippen molar-refractivity contribution in [1.29, 1.82) is 0 Å². The quantitative estimate of drug-likeness (QED) is 0.743. The molecule has 2 nitrogen and oxygen atoms in total. The highest BCUT2D eigenvalue weighted by Crippen LogP contribution is 2.36. The van der Waals surface area contributed by atoms with Crippen LogP contribution in [0.5, 0.6) is 0 Å². The molecule has 2 atom stereocenters. The lowest BCUT2D eigenvalue weighted by Gasteiger charge is -2.11. The molecule has 13 heavy (non-hydrogen) atoms. The molecule has 2 unspecified atom stereocenters. The number of carbonyl (C=O) groups is 1. The minimum absolute atomic E-state index is 0.227. The third-order valence-electron chi connectivity index (χ3n) is 2.58. The Morgan fingerprint density at radius 1 is 1.54 bits per heavy atom. The summed E-state index contributed by atoms with van der Waals surface area (Å²) < 4.78 is 0. The number of amides is 1. The SMILES string of the molecule is CC(Br)CCNC(=O)C(C)C1CC1. The Labute approximate surface area is 88.6 Å². The largest absolute Gasteiger partial charge is 0.356 e. The Morgan fingerprint density at radius 3 is 2.62 bits per heavy atom. The average Bonchev–Trinajstić information content (AvgIpc) is 2.84. The van der Waals surface area contributed by atoms with Crippen LogP contribution < -0.4 is 5.32 Å². The first-order valence-corrected chi connectivity index (χ1v) is 5.94. The van der Waals surface area contributed by atoms with Gasteiger partial charge < -0.3 is 5.32 Å². The highest BCUT2D eigenvalue weighted by atomic mass is 79.9. The molecule has 1 rings (SSSR count). The van der Waals surface area contributed by atoms with Crippen LogP contribution >= 0.6 is 15.9 Å². The number of carbonyl (C=O) groups excluding carboxylic acids is 1. The Morgan fingerprint density at radius 2 is 2.15 bits per heavy atom. The normalized spacial score (nSPS) is 20.8.